The van der Waals surface area contributed by atoms with E-state index in [0.29, 0.717) is 13.1 Å². The number of aromatic nitrogens is 1. The second kappa shape index (κ2) is 7.89. The molecule has 2 heterocycles. The van der Waals surface area contributed by atoms with Crippen molar-refractivity contribution in [1.82, 2.24) is 15.0 Å². The minimum Gasteiger partial charge on any atom is -0.390 e. The second-order valence-electron chi connectivity index (χ2n) is 5.78. The second-order valence-corrected chi connectivity index (χ2v) is 5.78. The number of β-amino-alcohol motifs (C(OH)–C–C–N with tert-alkyl or cyclic N) is 1. The lowest BCUT2D eigenvalue weighted by Gasteiger charge is -2.30. The number of rotatable bonds is 7. The SMILES string of the molecule is CCc1noc(C)c1CN(C)CC(O)CN1CCOCC1. The third-order valence-electron chi connectivity index (χ3n) is 3.92. The summed E-state index contributed by atoms with van der Waals surface area (Å²) in [6.07, 6.45) is 0.523. The van der Waals surface area contributed by atoms with Crippen molar-refractivity contribution in [2.75, 3.05) is 46.4 Å². The minimum absolute atomic E-state index is 0.349. The zero-order chi connectivity index (χ0) is 15.2. The first-order valence-corrected chi connectivity index (χ1v) is 7.70. The normalized spacial score (nSPS) is 18.3. The van der Waals surface area contributed by atoms with Gasteiger partial charge in [0.25, 0.3) is 0 Å². The van der Waals surface area contributed by atoms with Gasteiger partial charge in [0.1, 0.15) is 5.76 Å². The number of hydrogen-bond donors (Lipinski definition) is 1. The molecule has 1 unspecified atom stereocenters. The van der Waals surface area contributed by atoms with Gasteiger partial charge in [0, 0.05) is 38.3 Å². The predicted molar refractivity (Wildman–Crippen MR) is 80.2 cm³/mol. The molecule has 1 aliphatic rings. The molecule has 2 rings (SSSR count). The fourth-order valence-electron chi connectivity index (χ4n) is 2.75. The summed E-state index contributed by atoms with van der Waals surface area (Å²) in [4.78, 5) is 4.38. The lowest BCUT2D eigenvalue weighted by Crippen LogP contribution is -2.44. The molecule has 0 spiro atoms. The van der Waals surface area contributed by atoms with Crippen molar-refractivity contribution in [3.8, 4) is 0 Å². The average molecular weight is 297 g/mol. The van der Waals surface area contributed by atoms with Crippen LogP contribution in [0.2, 0.25) is 0 Å². The standard InChI is InChI=1S/C15H27N3O3/c1-4-15-14(12(2)21-16-15)11-17(3)9-13(19)10-18-5-7-20-8-6-18/h13,19H,4-11H2,1-3H3. The Morgan fingerprint density at radius 1 is 1.38 bits per heavy atom. The first kappa shape index (κ1) is 16.4. The molecule has 1 fully saturated rings. The quantitative estimate of drug-likeness (QED) is 0.798. The Balaban J connectivity index is 1.80. The van der Waals surface area contributed by atoms with Gasteiger partial charge in [0.05, 0.1) is 25.0 Å². The van der Waals surface area contributed by atoms with Crippen LogP contribution in [0.4, 0.5) is 0 Å². The lowest BCUT2D eigenvalue weighted by molar-refractivity contribution is 0.00821. The van der Waals surface area contributed by atoms with Crippen LogP contribution in [-0.4, -0.2) is 72.6 Å². The maximum absolute atomic E-state index is 10.2. The molecule has 120 valence electrons. The number of ether oxygens (including phenoxy) is 1. The lowest BCUT2D eigenvalue weighted by atomic mass is 10.1. The average Bonchev–Trinajstić information content (AvgIpc) is 2.80. The van der Waals surface area contributed by atoms with Crippen molar-refractivity contribution >= 4 is 0 Å². The topological polar surface area (TPSA) is 62.0 Å². The largest absolute Gasteiger partial charge is 0.390 e. The molecule has 6 heteroatoms. The first-order valence-electron chi connectivity index (χ1n) is 7.70. The number of nitrogens with zero attached hydrogens (tertiary/aromatic N) is 3. The van der Waals surface area contributed by atoms with Gasteiger partial charge in [-0.1, -0.05) is 12.1 Å². The van der Waals surface area contributed by atoms with Gasteiger partial charge < -0.3 is 14.4 Å². The Hall–Kier alpha value is -0.950. The van der Waals surface area contributed by atoms with E-state index in [1.165, 1.54) is 0 Å². The molecule has 0 radical (unpaired) electrons. The fourth-order valence-corrected chi connectivity index (χ4v) is 2.75. The van der Waals surface area contributed by atoms with Crippen molar-refractivity contribution in [1.29, 1.82) is 0 Å². The first-order chi connectivity index (χ1) is 10.1. The van der Waals surface area contributed by atoms with Crippen molar-refractivity contribution in [2.24, 2.45) is 0 Å². The summed E-state index contributed by atoms with van der Waals surface area (Å²) in [6.45, 7) is 9.48. The molecule has 1 aromatic heterocycles. The highest BCUT2D eigenvalue weighted by molar-refractivity contribution is 5.21. The van der Waals surface area contributed by atoms with Crippen molar-refractivity contribution in [2.45, 2.75) is 32.9 Å². The Bertz CT molecular complexity index is 430. The van der Waals surface area contributed by atoms with Gasteiger partial charge in [-0.05, 0) is 20.4 Å². The summed E-state index contributed by atoms with van der Waals surface area (Å²) in [5, 5.41) is 14.3. The van der Waals surface area contributed by atoms with Crippen molar-refractivity contribution in [3.63, 3.8) is 0 Å². The van der Waals surface area contributed by atoms with Crippen molar-refractivity contribution < 1.29 is 14.4 Å². The Kier molecular flexibility index (Phi) is 6.17. The highest BCUT2D eigenvalue weighted by atomic mass is 16.5. The fraction of sp³-hybridized carbons (Fsp3) is 0.800. The van der Waals surface area contributed by atoms with Gasteiger partial charge in [-0.25, -0.2) is 0 Å². The van der Waals surface area contributed by atoms with E-state index in [2.05, 4.69) is 21.9 Å². The van der Waals surface area contributed by atoms with Gasteiger partial charge in [0.2, 0.25) is 0 Å². The van der Waals surface area contributed by atoms with Gasteiger partial charge in [-0.3, -0.25) is 9.80 Å². The van der Waals surface area contributed by atoms with Gasteiger partial charge in [-0.2, -0.15) is 0 Å². The summed E-state index contributed by atoms with van der Waals surface area (Å²) < 4.78 is 10.6. The Morgan fingerprint density at radius 2 is 2.10 bits per heavy atom. The summed E-state index contributed by atoms with van der Waals surface area (Å²) in [6, 6.07) is 0. The van der Waals surface area contributed by atoms with E-state index in [9.17, 15) is 5.11 Å². The Morgan fingerprint density at radius 3 is 2.76 bits per heavy atom. The Labute approximate surface area is 126 Å². The van der Waals surface area contributed by atoms with E-state index in [0.717, 1.165) is 56.3 Å². The zero-order valence-corrected chi connectivity index (χ0v) is 13.3. The van der Waals surface area contributed by atoms with Crippen LogP contribution in [0.25, 0.3) is 0 Å². The number of likely N-dealkylation sites (N-methyl/N-ethyl adjacent to an activating group) is 1. The maximum Gasteiger partial charge on any atom is 0.138 e. The van der Waals surface area contributed by atoms with E-state index in [1.807, 2.05) is 14.0 Å². The van der Waals surface area contributed by atoms with Crippen LogP contribution in [0.5, 0.6) is 0 Å². The molecule has 1 aromatic rings. The number of hydrogen-bond acceptors (Lipinski definition) is 6. The molecule has 1 saturated heterocycles. The monoisotopic (exact) mass is 297 g/mol. The smallest absolute Gasteiger partial charge is 0.138 e. The molecule has 0 aromatic carbocycles. The van der Waals surface area contributed by atoms with Gasteiger partial charge in [0.15, 0.2) is 0 Å². The van der Waals surface area contributed by atoms with E-state index in [-0.39, 0.29) is 6.10 Å². The molecule has 1 N–H and O–H groups in total. The van der Waals surface area contributed by atoms with Crippen LogP contribution in [0, 0.1) is 6.92 Å². The number of morpholine rings is 1. The third kappa shape index (κ3) is 4.78. The van der Waals surface area contributed by atoms with Crippen LogP contribution in [0.3, 0.4) is 0 Å². The predicted octanol–water partition coefficient (Wildman–Crippen LogP) is 0.670. The van der Waals surface area contributed by atoms with Crippen LogP contribution in [0.15, 0.2) is 4.52 Å². The van der Waals surface area contributed by atoms with Crippen LogP contribution in [0.1, 0.15) is 23.9 Å². The van der Waals surface area contributed by atoms with Gasteiger partial charge in [-0.15, -0.1) is 0 Å². The summed E-state index contributed by atoms with van der Waals surface area (Å²) >= 11 is 0. The van der Waals surface area contributed by atoms with E-state index in [4.69, 9.17) is 9.26 Å². The molecule has 6 nitrogen and oxygen atoms in total. The molecule has 0 saturated carbocycles. The minimum atomic E-state index is -0.349. The van der Waals surface area contributed by atoms with Crippen LogP contribution < -0.4 is 0 Å². The highest BCUT2D eigenvalue weighted by Gasteiger charge is 2.18. The molecule has 0 bridgehead atoms. The number of aryl methyl sites for hydroxylation is 2. The van der Waals surface area contributed by atoms with E-state index < -0.39 is 0 Å². The summed E-state index contributed by atoms with van der Waals surface area (Å²) in [5.41, 5.74) is 2.17. The van der Waals surface area contributed by atoms with Crippen LogP contribution in [-0.2, 0) is 17.7 Å². The number of aliphatic hydroxyl groups is 1. The molecular weight excluding hydrogens is 270 g/mol. The summed E-state index contributed by atoms with van der Waals surface area (Å²) in [7, 11) is 2.02. The molecule has 0 aliphatic carbocycles. The zero-order valence-electron chi connectivity index (χ0n) is 13.3. The molecule has 1 atom stereocenters. The van der Waals surface area contributed by atoms with Crippen LogP contribution >= 0.6 is 0 Å². The maximum atomic E-state index is 10.2. The van der Waals surface area contributed by atoms with Crippen molar-refractivity contribution in [3.05, 3.63) is 17.0 Å². The van der Waals surface area contributed by atoms with E-state index >= 15 is 0 Å². The molecular formula is C15H27N3O3. The summed E-state index contributed by atoms with van der Waals surface area (Å²) in [5.74, 6) is 0.876. The van der Waals surface area contributed by atoms with Gasteiger partial charge >= 0.3 is 0 Å². The van der Waals surface area contributed by atoms with E-state index in [1.54, 1.807) is 0 Å². The molecule has 0 amide bonds. The number of aliphatic hydroxyl groups excluding tert-OH is 1. The molecule has 1 aliphatic heterocycles. The molecule has 21 heavy (non-hydrogen) atoms. The highest BCUT2D eigenvalue weighted by Crippen LogP contribution is 2.16. The third-order valence-corrected chi connectivity index (χ3v) is 3.92.